The van der Waals surface area contributed by atoms with Crippen LogP contribution in [0.5, 0.6) is 0 Å². The molecule has 0 amide bonds. The Labute approximate surface area is 190 Å². The first-order valence-electron chi connectivity index (χ1n) is 11.0. The highest BCUT2D eigenvalue weighted by Gasteiger charge is 2.18. The van der Waals surface area contributed by atoms with Gasteiger partial charge in [0.05, 0.1) is 20.6 Å². The zero-order valence-electron chi connectivity index (χ0n) is 19.2. The van der Waals surface area contributed by atoms with Gasteiger partial charge < -0.3 is 10.8 Å². The number of anilines is 1. The van der Waals surface area contributed by atoms with Crippen molar-refractivity contribution in [1.82, 2.24) is 24.1 Å². The molecule has 0 aliphatic rings. The molecule has 3 N–H and O–H groups in total. The summed E-state index contributed by atoms with van der Waals surface area (Å²) < 4.78 is 30.7. The molecule has 0 bridgehead atoms. The number of halogens is 1. The summed E-state index contributed by atoms with van der Waals surface area (Å²) in [6, 6.07) is 16.7. The summed E-state index contributed by atoms with van der Waals surface area (Å²) in [5.74, 6) is 0.783. The molecular formula is C24H19FN6O2. The fraction of sp³-hybridized carbons (Fsp3) is 0.0833. The third kappa shape index (κ3) is 3.64. The summed E-state index contributed by atoms with van der Waals surface area (Å²) in [4.78, 5) is 25.6. The lowest BCUT2D eigenvalue weighted by Crippen LogP contribution is -2.16. The molecule has 0 saturated heterocycles. The van der Waals surface area contributed by atoms with Gasteiger partial charge in [-0.3, -0.25) is 13.9 Å². The number of pyridine rings is 3. The Morgan fingerprint density at radius 1 is 1.06 bits per heavy atom. The monoisotopic (exact) mass is 444 g/mol. The van der Waals surface area contributed by atoms with Gasteiger partial charge in [0.15, 0.2) is 18.2 Å². The summed E-state index contributed by atoms with van der Waals surface area (Å²) in [7, 11) is 0. The number of nitrogen functional groups attached to an aromatic ring is 1. The molecule has 0 radical (unpaired) electrons. The molecule has 33 heavy (non-hydrogen) atoms. The molecule has 164 valence electrons. The zero-order valence-corrected chi connectivity index (χ0v) is 17.2. The van der Waals surface area contributed by atoms with Crippen LogP contribution in [0.4, 0.5) is 10.2 Å². The number of alkyl halides is 1. The summed E-state index contributed by atoms with van der Waals surface area (Å²) >= 11 is 0. The zero-order chi connectivity index (χ0) is 24.7. The first-order valence-corrected chi connectivity index (χ1v) is 9.99. The second-order valence-electron chi connectivity index (χ2n) is 7.28. The maximum absolute atomic E-state index is 13.9. The molecular weight excluding hydrogens is 423 g/mol. The van der Waals surface area contributed by atoms with Crippen LogP contribution in [0.15, 0.2) is 77.9 Å². The number of hydrogen-bond donors (Lipinski definition) is 2. The number of aromatic nitrogens is 5. The van der Waals surface area contributed by atoms with Crippen LogP contribution in [0.2, 0.25) is 0 Å². The Balaban J connectivity index is 1.76. The molecule has 0 saturated carbocycles. The molecule has 5 aromatic rings. The fourth-order valence-corrected chi connectivity index (χ4v) is 3.60. The van der Waals surface area contributed by atoms with Crippen LogP contribution >= 0.6 is 0 Å². The van der Waals surface area contributed by atoms with E-state index in [9.17, 15) is 14.3 Å². The molecule has 9 heteroatoms. The van der Waals surface area contributed by atoms with E-state index < -0.39 is 12.3 Å². The van der Waals surface area contributed by atoms with Crippen LogP contribution in [-0.2, 0) is 13.4 Å². The third-order valence-electron chi connectivity index (χ3n) is 5.26. The lowest BCUT2D eigenvalue weighted by molar-refractivity contribution is 0.282. The molecule has 4 aromatic heterocycles. The van der Waals surface area contributed by atoms with Gasteiger partial charge in [0.1, 0.15) is 11.3 Å². The second kappa shape index (κ2) is 8.29. The largest absolute Gasteiger partial charge is 0.392 e. The summed E-state index contributed by atoms with van der Waals surface area (Å²) in [6.45, 7) is -3.47. The minimum atomic E-state index is -3.36. The lowest BCUT2D eigenvalue weighted by atomic mass is 10.2. The SMILES string of the molecule is [2H]C([2H])(F)n1cc(-c2ccc3nc(-c4cccnc4N)n(-c4ccc(CO)cc4)c3n2)ccc1=O. The van der Waals surface area contributed by atoms with E-state index in [1.165, 1.54) is 6.07 Å². The number of aliphatic hydroxyl groups excluding tert-OH is 1. The van der Waals surface area contributed by atoms with Crippen molar-refractivity contribution in [2.45, 2.75) is 13.4 Å². The van der Waals surface area contributed by atoms with E-state index in [4.69, 9.17) is 18.4 Å². The normalized spacial score (nSPS) is 12.5. The van der Waals surface area contributed by atoms with E-state index in [0.29, 0.717) is 44.1 Å². The number of benzene rings is 1. The van der Waals surface area contributed by atoms with Crippen LogP contribution in [0, 0.1) is 0 Å². The lowest BCUT2D eigenvalue weighted by Gasteiger charge is -2.11. The Bertz CT molecular complexity index is 1610. The molecule has 4 heterocycles. The molecule has 0 unspecified atom stereocenters. The number of nitrogens with two attached hydrogens (primary N) is 1. The van der Waals surface area contributed by atoms with Crippen molar-refractivity contribution >= 4 is 17.0 Å². The van der Waals surface area contributed by atoms with E-state index >= 15 is 0 Å². The van der Waals surface area contributed by atoms with Crippen LogP contribution < -0.4 is 11.3 Å². The molecule has 5 rings (SSSR count). The molecule has 1 aromatic carbocycles. The third-order valence-corrected chi connectivity index (χ3v) is 5.26. The summed E-state index contributed by atoms with van der Waals surface area (Å²) in [6.07, 6.45) is 2.67. The minimum absolute atomic E-state index is 0.104. The van der Waals surface area contributed by atoms with Crippen molar-refractivity contribution in [3.8, 4) is 28.3 Å². The topological polar surface area (TPSA) is 112 Å². The minimum Gasteiger partial charge on any atom is -0.392 e. The highest BCUT2D eigenvalue weighted by Crippen LogP contribution is 2.31. The predicted octanol–water partition coefficient (Wildman–Crippen LogP) is 3.31. The first kappa shape index (κ1) is 18.2. The van der Waals surface area contributed by atoms with Crippen LogP contribution in [0.3, 0.4) is 0 Å². The van der Waals surface area contributed by atoms with Crippen molar-refractivity contribution in [2.75, 3.05) is 5.73 Å². The number of nitrogens with zero attached hydrogens (tertiary/aromatic N) is 5. The Morgan fingerprint density at radius 3 is 2.61 bits per heavy atom. The Kier molecular flexibility index (Phi) is 4.58. The van der Waals surface area contributed by atoms with Gasteiger partial charge in [-0.2, -0.15) is 0 Å². The average Bonchev–Trinajstić information content (AvgIpc) is 3.22. The van der Waals surface area contributed by atoms with E-state index in [0.717, 1.165) is 17.8 Å². The molecule has 0 atom stereocenters. The number of fused-ring (bicyclic) bond motifs is 1. The smallest absolute Gasteiger partial charge is 0.252 e. The molecule has 0 fully saturated rings. The molecule has 0 spiro atoms. The number of rotatable bonds is 5. The molecule has 8 nitrogen and oxygen atoms in total. The van der Waals surface area contributed by atoms with E-state index in [2.05, 4.69) is 4.98 Å². The predicted molar refractivity (Wildman–Crippen MR) is 123 cm³/mol. The fourth-order valence-electron chi connectivity index (χ4n) is 3.60. The maximum Gasteiger partial charge on any atom is 0.252 e. The van der Waals surface area contributed by atoms with Crippen molar-refractivity contribution in [2.24, 2.45) is 0 Å². The van der Waals surface area contributed by atoms with E-state index in [1.54, 1.807) is 47.2 Å². The Morgan fingerprint density at radius 2 is 1.88 bits per heavy atom. The number of aliphatic hydroxyl groups is 1. The quantitative estimate of drug-likeness (QED) is 0.430. The molecule has 0 aliphatic carbocycles. The van der Waals surface area contributed by atoms with Crippen molar-refractivity contribution in [3.05, 3.63) is 89.0 Å². The Hall–Kier alpha value is -4.37. The standard InChI is InChI=1S/C24H19FN6O2/c25-14-30-12-16(5-10-21(30)33)19-8-9-20-24(28-19)31(17-6-3-15(13-32)4-7-17)23(29-20)18-2-1-11-27-22(18)26/h1-12,32H,13-14H2,(H2,26,27)/i14D2. The van der Waals surface area contributed by atoms with Gasteiger partial charge in [0.25, 0.3) is 5.56 Å². The van der Waals surface area contributed by atoms with Gasteiger partial charge in [-0.15, -0.1) is 0 Å². The van der Waals surface area contributed by atoms with Gasteiger partial charge in [0, 0.05) is 29.7 Å². The maximum atomic E-state index is 13.9. The highest BCUT2D eigenvalue weighted by atomic mass is 19.1. The van der Waals surface area contributed by atoms with Crippen LogP contribution in [0.25, 0.3) is 39.5 Å². The van der Waals surface area contributed by atoms with Crippen LogP contribution in [-0.4, -0.2) is 29.2 Å². The van der Waals surface area contributed by atoms with Gasteiger partial charge in [-0.05, 0) is 48.0 Å². The summed E-state index contributed by atoms with van der Waals surface area (Å²) in [5.41, 5.74) is 9.09. The van der Waals surface area contributed by atoms with Gasteiger partial charge >= 0.3 is 0 Å². The molecule has 0 aliphatic heterocycles. The highest BCUT2D eigenvalue weighted by molar-refractivity contribution is 5.84. The van der Waals surface area contributed by atoms with Crippen molar-refractivity contribution in [1.29, 1.82) is 0 Å². The number of hydrogen-bond acceptors (Lipinski definition) is 6. The summed E-state index contributed by atoms with van der Waals surface area (Å²) in [5, 5.41) is 9.43. The van der Waals surface area contributed by atoms with Gasteiger partial charge in [-0.1, -0.05) is 12.1 Å². The van der Waals surface area contributed by atoms with E-state index in [1.807, 2.05) is 12.1 Å². The van der Waals surface area contributed by atoms with Gasteiger partial charge in [-0.25, -0.2) is 19.3 Å². The average molecular weight is 444 g/mol. The van der Waals surface area contributed by atoms with Crippen molar-refractivity contribution in [3.63, 3.8) is 0 Å². The number of imidazole rings is 1. The van der Waals surface area contributed by atoms with Gasteiger partial charge in [0.2, 0.25) is 0 Å². The van der Waals surface area contributed by atoms with E-state index in [-0.39, 0.29) is 12.4 Å². The second-order valence-corrected chi connectivity index (χ2v) is 7.28. The van der Waals surface area contributed by atoms with Crippen LogP contribution in [0.1, 0.15) is 8.30 Å². The first-order chi connectivity index (χ1) is 16.8. The van der Waals surface area contributed by atoms with Crippen molar-refractivity contribution < 1.29 is 12.2 Å².